The summed E-state index contributed by atoms with van der Waals surface area (Å²) in [6, 6.07) is 3.73. The fourth-order valence-corrected chi connectivity index (χ4v) is 2.14. The number of nitrogens with zero attached hydrogens (tertiary/aromatic N) is 2. The Morgan fingerprint density at radius 3 is 2.24 bits per heavy atom. The molecule has 21 heavy (non-hydrogen) atoms. The van der Waals surface area contributed by atoms with Gasteiger partial charge < -0.3 is 19.9 Å². The molecule has 0 aromatic heterocycles. The Morgan fingerprint density at radius 1 is 1.14 bits per heavy atom. The van der Waals surface area contributed by atoms with E-state index < -0.39 is 0 Å². The van der Waals surface area contributed by atoms with Gasteiger partial charge in [0.1, 0.15) is 5.84 Å². The van der Waals surface area contributed by atoms with E-state index in [0.717, 1.165) is 5.56 Å². The molecule has 1 aliphatic heterocycles. The number of guanidine groups is 1. The molecule has 0 amide bonds. The van der Waals surface area contributed by atoms with Crippen LogP contribution in [-0.2, 0) is 6.42 Å². The Labute approximate surface area is 123 Å². The molecule has 1 heterocycles. The zero-order chi connectivity index (χ0) is 15.4. The average molecular weight is 290 g/mol. The first-order chi connectivity index (χ1) is 10.1. The van der Waals surface area contributed by atoms with Crippen molar-refractivity contribution in [3.8, 4) is 17.2 Å². The minimum Gasteiger partial charge on any atom is -0.493 e. The molecule has 0 bridgehead atoms. The first-order valence-corrected chi connectivity index (χ1v) is 6.34. The van der Waals surface area contributed by atoms with Gasteiger partial charge in [-0.25, -0.2) is 4.99 Å². The van der Waals surface area contributed by atoms with E-state index in [1.807, 2.05) is 12.1 Å². The number of amidine groups is 1. The summed E-state index contributed by atoms with van der Waals surface area (Å²) in [4.78, 5) is 7.75. The van der Waals surface area contributed by atoms with Gasteiger partial charge in [0, 0.05) is 6.21 Å². The van der Waals surface area contributed by atoms with E-state index in [2.05, 4.69) is 9.98 Å². The molecule has 1 aliphatic rings. The molecule has 2 rings (SSSR count). The summed E-state index contributed by atoms with van der Waals surface area (Å²) in [5, 5.41) is 7.35. The molecule has 1 unspecified atom stereocenters. The predicted octanol–water partition coefficient (Wildman–Crippen LogP) is 1.25. The second kappa shape index (κ2) is 6.25. The Bertz CT molecular complexity index is 585. The number of benzene rings is 1. The van der Waals surface area contributed by atoms with Crippen molar-refractivity contribution in [3.63, 3.8) is 0 Å². The minimum absolute atomic E-state index is 0.0753. The van der Waals surface area contributed by atoms with Crippen LogP contribution in [0.25, 0.3) is 0 Å². The maximum Gasteiger partial charge on any atom is 0.243 e. The van der Waals surface area contributed by atoms with Crippen molar-refractivity contribution in [2.75, 3.05) is 21.3 Å². The fraction of sp³-hybridized carbons (Fsp3) is 0.357. The molecule has 7 nitrogen and oxygen atoms in total. The molecule has 0 saturated heterocycles. The highest BCUT2D eigenvalue weighted by Gasteiger charge is 2.19. The van der Waals surface area contributed by atoms with Crippen molar-refractivity contribution in [2.24, 2.45) is 21.6 Å². The number of nitrogens with two attached hydrogens (primary N) is 1. The first kappa shape index (κ1) is 14.8. The van der Waals surface area contributed by atoms with Crippen molar-refractivity contribution < 1.29 is 14.2 Å². The monoisotopic (exact) mass is 290 g/mol. The molecular weight excluding hydrogens is 272 g/mol. The number of aliphatic imine (C=N–C) groups is 2. The van der Waals surface area contributed by atoms with Gasteiger partial charge in [-0.05, 0) is 24.1 Å². The molecular formula is C14H18N4O3. The number of methoxy groups -OCH3 is 3. The van der Waals surface area contributed by atoms with Crippen LogP contribution in [0, 0.1) is 11.3 Å². The van der Waals surface area contributed by atoms with Crippen molar-refractivity contribution in [2.45, 2.75) is 6.42 Å². The number of ether oxygens (including phenoxy) is 3. The van der Waals surface area contributed by atoms with Crippen molar-refractivity contribution in [1.82, 2.24) is 0 Å². The highest BCUT2D eigenvalue weighted by atomic mass is 16.5. The lowest BCUT2D eigenvalue weighted by Gasteiger charge is -2.17. The van der Waals surface area contributed by atoms with Gasteiger partial charge in [-0.2, -0.15) is 4.99 Å². The van der Waals surface area contributed by atoms with Crippen molar-refractivity contribution in [3.05, 3.63) is 17.7 Å². The summed E-state index contributed by atoms with van der Waals surface area (Å²) in [6.07, 6.45) is 2.22. The normalized spacial score (nSPS) is 17.4. The van der Waals surface area contributed by atoms with Crippen LogP contribution in [0.4, 0.5) is 0 Å². The summed E-state index contributed by atoms with van der Waals surface area (Å²) in [5.41, 5.74) is 6.80. The van der Waals surface area contributed by atoms with E-state index in [1.54, 1.807) is 27.5 Å². The van der Waals surface area contributed by atoms with E-state index >= 15 is 0 Å². The summed E-state index contributed by atoms with van der Waals surface area (Å²) >= 11 is 0. The quantitative estimate of drug-likeness (QED) is 0.851. The fourth-order valence-electron chi connectivity index (χ4n) is 2.14. The van der Waals surface area contributed by atoms with Crippen LogP contribution in [0.2, 0.25) is 0 Å². The van der Waals surface area contributed by atoms with Gasteiger partial charge in [-0.3, -0.25) is 5.41 Å². The molecule has 7 heteroatoms. The van der Waals surface area contributed by atoms with Crippen LogP contribution in [0.3, 0.4) is 0 Å². The Morgan fingerprint density at radius 2 is 1.76 bits per heavy atom. The van der Waals surface area contributed by atoms with Crippen LogP contribution in [0.5, 0.6) is 17.2 Å². The SMILES string of the molecule is COc1cc(CC2C=NC(=N)N=C2N)cc(OC)c1OC. The largest absolute Gasteiger partial charge is 0.493 e. The maximum absolute atomic E-state index is 7.35. The van der Waals surface area contributed by atoms with E-state index in [-0.39, 0.29) is 11.9 Å². The molecule has 0 aliphatic carbocycles. The molecule has 0 saturated carbocycles. The van der Waals surface area contributed by atoms with Crippen molar-refractivity contribution >= 4 is 18.0 Å². The minimum atomic E-state index is -0.151. The van der Waals surface area contributed by atoms with Gasteiger partial charge in [0.05, 0.1) is 27.2 Å². The van der Waals surface area contributed by atoms with Gasteiger partial charge in [0.2, 0.25) is 11.7 Å². The lowest BCUT2D eigenvalue weighted by molar-refractivity contribution is 0.323. The number of hydrogen-bond donors (Lipinski definition) is 2. The van der Waals surface area contributed by atoms with Gasteiger partial charge in [-0.15, -0.1) is 0 Å². The zero-order valence-corrected chi connectivity index (χ0v) is 12.2. The lowest BCUT2D eigenvalue weighted by Crippen LogP contribution is -2.30. The first-order valence-electron chi connectivity index (χ1n) is 6.34. The summed E-state index contributed by atoms with van der Waals surface area (Å²) in [7, 11) is 4.70. The molecule has 1 aromatic carbocycles. The maximum atomic E-state index is 7.35. The molecule has 112 valence electrons. The van der Waals surface area contributed by atoms with Crippen LogP contribution in [-0.4, -0.2) is 39.3 Å². The van der Waals surface area contributed by atoms with Crippen LogP contribution in [0.1, 0.15) is 5.56 Å². The second-order valence-corrected chi connectivity index (χ2v) is 4.48. The van der Waals surface area contributed by atoms with E-state index in [0.29, 0.717) is 29.5 Å². The van der Waals surface area contributed by atoms with Crippen LogP contribution < -0.4 is 19.9 Å². The van der Waals surface area contributed by atoms with Gasteiger partial charge in [-0.1, -0.05) is 0 Å². The average Bonchev–Trinajstić information content (AvgIpc) is 2.49. The summed E-state index contributed by atoms with van der Waals surface area (Å²) in [5.74, 6) is 1.87. The third-order valence-electron chi connectivity index (χ3n) is 3.17. The summed E-state index contributed by atoms with van der Waals surface area (Å²) < 4.78 is 15.9. The molecule has 1 atom stereocenters. The topological polar surface area (TPSA) is 102 Å². The molecule has 1 aromatic rings. The smallest absolute Gasteiger partial charge is 0.243 e. The standard InChI is InChI=1S/C14H18N4O3/c1-19-10-5-8(6-11(20-2)12(10)21-3)4-9-7-17-14(16)18-13(9)15/h5-7,9H,4H2,1-3H3,(H3,15,16,18). The third-order valence-corrected chi connectivity index (χ3v) is 3.17. The zero-order valence-electron chi connectivity index (χ0n) is 12.2. The summed E-state index contributed by atoms with van der Waals surface area (Å²) in [6.45, 7) is 0. The second-order valence-electron chi connectivity index (χ2n) is 4.48. The molecule has 0 fully saturated rings. The Hall–Kier alpha value is -2.57. The third kappa shape index (κ3) is 3.13. The number of rotatable bonds is 5. The lowest BCUT2D eigenvalue weighted by atomic mass is 9.98. The highest BCUT2D eigenvalue weighted by molar-refractivity contribution is 6.09. The van der Waals surface area contributed by atoms with Crippen LogP contribution in [0.15, 0.2) is 22.1 Å². The van der Waals surface area contributed by atoms with E-state index in [9.17, 15) is 0 Å². The highest BCUT2D eigenvalue weighted by Crippen LogP contribution is 2.38. The van der Waals surface area contributed by atoms with Gasteiger partial charge in [0.15, 0.2) is 11.5 Å². The molecule has 0 spiro atoms. The molecule has 0 radical (unpaired) electrons. The van der Waals surface area contributed by atoms with Gasteiger partial charge >= 0.3 is 0 Å². The van der Waals surface area contributed by atoms with Gasteiger partial charge in [0.25, 0.3) is 0 Å². The number of nitrogens with one attached hydrogen (secondary N) is 1. The van der Waals surface area contributed by atoms with Crippen molar-refractivity contribution in [1.29, 1.82) is 5.41 Å². The Balaban J connectivity index is 2.31. The predicted molar refractivity (Wildman–Crippen MR) is 81.1 cm³/mol. The van der Waals surface area contributed by atoms with E-state index in [4.69, 9.17) is 25.4 Å². The van der Waals surface area contributed by atoms with E-state index in [1.165, 1.54) is 0 Å². The number of hydrogen-bond acceptors (Lipinski definition) is 5. The Kier molecular flexibility index (Phi) is 4.42. The molecule has 3 N–H and O–H groups in total. The van der Waals surface area contributed by atoms with Crippen LogP contribution >= 0.6 is 0 Å².